The maximum Gasteiger partial charge on any atom is 0.143 e. The van der Waals surface area contributed by atoms with Crippen LogP contribution in [0.1, 0.15) is 5.56 Å². The number of terminal acetylenes is 1. The topological polar surface area (TPSA) is 9.23 Å². The minimum Gasteiger partial charge on any atom is -0.408 e. The Morgan fingerprint density at radius 2 is 2.10 bits per heavy atom. The summed E-state index contributed by atoms with van der Waals surface area (Å²) in [5.41, 5.74) is 1.06. The van der Waals surface area contributed by atoms with Gasteiger partial charge in [0, 0.05) is 0 Å². The first-order valence-electron chi connectivity index (χ1n) is 3.02. The summed E-state index contributed by atoms with van der Waals surface area (Å²) in [6.07, 6.45) is 7.08. The molecule has 0 aliphatic carbocycles. The first-order chi connectivity index (χ1) is 4.84. The Kier molecular flexibility index (Phi) is 1.96. The Morgan fingerprint density at radius 3 is 2.70 bits per heavy atom. The number of aryl methyl sites for hydroxylation is 1. The minimum absolute atomic E-state index is 0.755. The van der Waals surface area contributed by atoms with Gasteiger partial charge in [0.1, 0.15) is 11.9 Å². The largest absolute Gasteiger partial charge is 0.408 e. The maximum atomic E-state index is 4.96. The van der Waals surface area contributed by atoms with Crippen molar-refractivity contribution in [2.24, 2.45) is 0 Å². The van der Waals surface area contributed by atoms with Crippen LogP contribution in [0.25, 0.3) is 0 Å². The molecule has 50 valence electrons. The van der Waals surface area contributed by atoms with Crippen molar-refractivity contribution in [3.8, 4) is 18.3 Å². The molecule has 0 radical (unpaired) electrons. The molecular weight excluding hydrogens is 124 g/mol. The van der Waals surface area contributed by atoms with Gasteiger partial charge >= 0.3 is 0 Å². The Labute approximate surface area is 60.6 Å². The van der Waals surface area contributed by atoms with E-state index in [1.165, 1.54) is 0 Å². The third kappa shape index (κ3) is 1.29. The third-order valence-corrected chi connectivity index (χ3v) is 1.26. The van der Waals surface area contributed by atoms with Crippen molar-refractivity contribution in [3.63, 3.8) is 0 Å². The van der Waals surface area contributed by atoms with Crippen LogP contribution in [0, 0.1) is 19.5 Å². The van der Waals surface area contributed by atoms with Crippen LogP contribution in [0.3, 0.4) is 0 Å². The number of rotatable bonds is 1. The Morgan fingerprint density at radius 1 is 1.40 bits per heavy atom. The lowest BCUT2D eigenvalue weighted by molar-refractivity contribution is 0.516. The van der Waals surface area contributed by atoms with Crippen molar-refractivity contribution in [2.45, 2.75) is 6.92 Å². The molecule has 1 nitrogen and oxygen atoms in total. The first kappa shape index (κ1) is 6.70. The molecule has 0 N–H and O–H groups in total. The average molecular weight is 132 g/mol. The number of hydrogen-bond donors (Lipinski definition) is 0. The Hall–Kier alpha value is -1.42. The third-order valence-electron chi connectivity index (χ3n) is 1.26. The molecule has 0 atom stereocenters. The van der Waals surface area contributed by atoms with E-state index in [9.17, 15) is 0 Å². The molecule has 0 aromatic heterocycles. The van der Waals surface area contributed by atoms with E-state index in [0.29, 0.717) is 0 Å². The van der Waals surface area contributed by atoms with Crippen LogP contribution in [0.4, 0.5) is 0 Å². The molecule has 0 saturated carbocycles. The fourth-order valence-electron chi connectivity index (χ4n) is 0.734. The summed E-state index contributed by atoms with van der Waals surface area (Å²) in [4.78, 5) is 0. The summed E-state index contributed by atoms with van der Waals surface area (Å²) < 4.78 is 4.86. The van der Waals surface area contributed by atoms with E-state index in [2.05, 4.69) is 6.11 Å². The smallest absolute Gasteiger partial charge is 0.143 e. The normalized spacial score (nSPS) is 8.40. The molecule has 0 fully saturated rings. The average Bonchev–Trinajstić information content (AvgIpc) is 1.94. The lowest BCUT2D eigenvalue weighted by Gasteiger charge is -1.98. The molecule has 0 aliphatic heterocycles. The Balaban J connectivity index is 2.94. The molecule has 0 spiro atoms. The molecule has 0 amide bonds. The van der Waals surface area contributed by atoms with Crippen LogP contribution in [0.2, 0.25) is 0 Å². The number of hydrogen-bond acceptors (Lipinski definition) is 1. The number of benzene rings is 1. The quantitative estimate of drug-likeness (QED) is 0.531. The van der Waals surface area contributed by atoms with Crippen molar-refractivity contribution in [1.29, 1.82) is 0 Å². The van der Waals surface area contributed by atoms with Gasteiger partial charge in [0.25, 0.3) is 0 Å². The van der Waals surface area contributed by atoms with Crippen LogP contribution in [0.5, 0.6) is 5.75 Å². The zero-order chi connectivity index (χ0) is 7.40. The fourth-order valence-corrected chi connectivity index (χ4v) is 0.734. The van der Waals surface area contributed by atoms with Gasteiger partial charge in [-0.1, -0.05) is 24.6 Å². The first-order valence-corrected chi connectivity index (χ1v) is 3.02. The second-order valence-electron chi connectivity index (χ2n) is 1.99. The van der Waals surface area contributed by atoms with E-state index < -0.39 is 0 Å². The van der Waals surface area contributed by atoms with Crippen LogP contribution >= 0.6 is 0 Å². The van der Waals surface area contributed by atoms with Crippen molar-refractivity contribution >= 4 is 0 Å². The highest BCUT2D eigenvalue weighted by Crippen LogP contribution is 2.14. The monoisotopic (exact) mass is 132 g/mol. The summed E-state index contributed by atoms with van der Waals surface area (Å²) in [5, 5.41) is 0. The van der Waals surface area contributed by atoms with Crippen LogP contribution in [0.15, 0.2) is 24.3 Å². The highest BCUT2D eigenvalue weighted by atomic mass is 16.5. The molecule has 10 heavy (non-hydrogen) atoms. The predicted molar refractivity (Wildman–Crippen MR) is 40.6 cm³/mol. The van der Waals surface area contributed by atoms with Crippen LogP contribution in [-0.4, -0.2) is 0 Å². The molecule has 0 saturated heterocycles. The second kappa shape index (κ2) is 2.93. The van der Waals surface area contributed by atoms with E-state index in [4.69, 9.17) is 11.2 Å². The van der Waals surface area contributed by atoms with Gasteiger partial charge in [0.15, 0.2) is 0 Å². The van der Waals surface area contributed by atoms with Crippen LogP contribution < -0.4 is 4.74 Å². The minimum atomic E-state index is 0.755. The highest BCUT2D eigenvalue weighted by molar-refractivity contribution is 5.32. The maximum absolute atomic E-state index is 4.96. The molecule has 1 heteroatoms. The standard InChI is InChI=1S/C9H8O/c1-3-10-9-7-5-4-6-8(9)2/h1,4-7H,2H3. The van der Waals surface area contributed by atoms with Gasteiger partial charge in [0.2, 0.25) is 0 Å². The van der Waals surface area contributed by atoms with Crippen molar-refractivity contribution < 1.29 is 4.74 Å². The van der Waals surface area contributed by atoms with Gasteiger partial charge in [-0.25, -0.2) is 0 Å². The SMILES string of the molecule is C#COc1ccccc1C. The number of ether oxygens (including phenoxy) is 1. The summed E-state index contributed by atoms with van der Waals surface area (Å²) in [6, 6.07) is 7.63. The molecule has 1 rings (SSSR count). The second-order valence-corrected chi connectivity index (χ2v) is 1.99. The van der Waals surface area contributed by atoms with Crippen molar-refractivity contribution in [3.05, 3.63) is 29.8 Å². The molecule has 0 heterocycles. The van der Waals surface area contributed by atoms with Crippen molar-refractivity contribution in [2.75, 3.05) is 0 Å². The lowest BCUT2D eigenvalue weighted by Crippen LogP contribution is -1.83. The van der Waals surface area contributed by atoms with E-state index in [1.807, 2.05) is 31.2 Å². The van der Waals surface area contributed by atoms with E-state index in [1.54, 1.807) is 0 Å². The van der Waals surface area contributed by atoms with E-state index >= 15 is 0 Å². The molecule has 1 aromatic rings. The summed E-state index contributed by atoms with van der Waals surface area (Å²) in [6.45, 7) is 1.95. The van der Waals surface area contributed by atoms with Gasteiger partial charge < -0.3 is 4.74 Å². The van der Waals surface area contributed by atoms with Gasteiger partial charge in [0.05, 0.1) is 0 Å². The molecule has 0 aliphatic rings. The van der Waals surface area contributed by atoms with E-state index in [-0.39, 0.29) is 0 Å². The van der Waals surface area contributed by atoms with E-state index in [0.717, 1.165) is 11.3 Å². The van der Waals surface area contributed by atoms with Crippen molar-refractivity contribution in [1.82, 2.24) is 0 Å². The van der Waals surface area contributed by atoms with Gasteiger partial charge in [-0.15, -0.1) is 0 Å². The van der Waals surface area contributed by atoms with Crippen LogP contribution in [-0.2, 0) is 0 Å². The zero-order valence-electron chi connectivity index (χ0n) is 5.79. The van der Waals surface area contributed by atoms with Gasteiger partial charge in [-0.2, -0.15) is 0 Å². The van der Waals surface area contributed by atoms with Gasteiger partial charge in [-0.05, 0) is 18.6 Å². The molecule has 0 bridgehead atoms. The highest BCUT2D eigenvalue weighted by Gasteiger charge is 1.93. The summed E-state index contributed by atoms with van der Waals surface area (Å²) >= 11 is 0. The fraction of sp³-hybridized carbons (Fsp3) is 0.111. The molecule has 0 unspecified atom stereocenters. The summed E-state index contributed by atoms with van der Waals surface area (Å²) in [5.74, 6) is 0.755. The lowest BCUT2D eigenvalue weighted by atomic mass is 10.2. The predicted octanol–water partition coefficient (Wildman–Crippen LogP) is 1.96. The Bertz CT molecular complexity index is 258. The summed E-state index contributed by atoms with van der Waals surface area (Å²) in [7, 11) is 0. The molecular formula is C9H8O. The van der Waals surface area contributed by atoms with Gasteiger partial charge in [-0.3, -0.25) is 0 Å². The zero-order valence-corrected chi connectivity index (χ0v) is 5.79. The molecule has 1 aromatic carbocycles. The number of para-hydroxylation sites is 1.